The van der Waals surface area contributed by atoms with Gasteiger partial charge in [0, 0.05) is 13.0 Å². The number of anilines is 1. The highest BCUT2D eigenvalue weighted by Gasteiger charge is 2.17. The molecule has 0 saturated heterocycles. The number of rotatable bonds is 7. The third kappa shape index (κ3) is 6.12. The molecule has 1 rings (SSSR count). The van der Waals surface area contributed by atoms with E-state index < -0.39 is 15.8 Å². The van der Waals surface area contributed by atoms with Gasteiger partial charge in [0.15, 0.2) is 0 Å². The average Bonchev–Trinajstić information content (AvgIpc) is 2.32. The van der Waals surface area contributed by atoms with Crippen LogP contribution in [0.25, 0.3) is 0 Å². The third-order valence-electron chi connectivity index (χ3n) is 2.73. The fraction of sp³-hybridized carbons (Fsp3) is 0.500. The lowest BCUT2D eigenvalue weighted by atomic mass is 10.1. The normalized spacial score (nSPS) is 11.5. The van der Waals surface area contributed by atoms with E-state index in [2.05, 4.69) is 5.32 Å². The molecule has 118 valence electrons. The van der Waals surface area contributed by atoms with Crippen LogP contribution in [0.4, 0.5) is 10.1 Å². The lowest BCUT2D eigenvalue weighted by Crippen LogP contribution is -2.38. The number of nitrogens with one attached hydrogen (secondary N) is 1. The number of carbonyl (C=O) groups is 1. The Morgan fingerprint density at radius 1 is 1.38 bits per heavy atom. The smallest absolute Gasteiger partial charge is 0.232 e. The van der Waals surface area contributed by atoms with Gasteiger partial charge in [0.1, 0.15) is 5.82 Å². The van der Waals surface area contributed by atoms with Crippen molar-refractivity contribution in [1.82, 2.24) is 5.32 Å². The van der Waals surface area contributed by atoms with E-state index in [-0.39, 0.29) is 30.6 Å². The molecule has 5 nitrogen and oxygen atoms in total. The van der Waals surface area contributed by atoms with Crippen LogP contribution in [-0.2, 0) is 14.8 Å². The number of hydrogen-bond acceptors (Lipinski definition) is 3. The summed E-state index contributed by atoms with van der Waals surface area (Å²) in [7, 11) is -3.54. The Balaban J connectivity index is 2.71. The van der Waals surface area contributed by atoms with Gasteiger partial charge in [0.05, 0.1) is 18.5 Å². The lowest BCUT2D eigenvalue weighted by Gasteiger charge is -2.22. The molecule has 0 aromatic heterocycles. The van der Waals surface area contributed by atoms with E-state index in [4.69, 9.17) is 0 Å². The van der Waals surface area contributed by atoms with E-state index in [1.807, 2.05) is 13.8 Å². The number of nitrogens with zero attached hydrogens (tertiary/aromatic N) is 1. The second-order valence-corrected chi connectivity index (χ2v) is 7.17. The summed E-state index contributed by atoms with van der Waals surface area (Å²) in [6.45, 7) is 4.09. The van der Waals surface area contributed by atoms with Crippen molar-refractivity contribution in [3.63, 3.8) is 0 Å². The van der Waals surface area contributed by atoms with Gasteiger partial charge in [-0.15, -0.1) is 0 Å². The Morgan fingerprint density at radius 3 is 2.57 bits per heavy atom. The molecule has 0 aliphatic rings. The number of carbonyl (C=O) groups excluding carboxylic acids is 1. The second kappa shape index (κ2) is 7.40. The molecule has 0 unspecified atom stereocenters. The van der Waals surface area contributed by atoms with Crippen LogP contribution < -0.4 is 9.62 Å². The predicted molar refractivity (Wildman–Crippen MR) is 81.1 cm³/mol. The van der Waals surface area contributed by atoms with E-state index >= 15 is 0 Å². The number of sulfonamides is 1. The topological polar surface area (TPSA) is 66.5 Å². The molecule has 0 fully saturated rings. The lowest BCUT2D eigenvalue weighted by molar-refractivity contribution is -0.121. The van der Waals surface area contributed by atoms with Gasteiger partial charge >= 0.3 is 0 Å². The zero-order valence-corrected chi connectivity index (χ0v) is 13.3. The van der Waals surface area contributed by atoms with Crippen molar-refractivity contribution in [1.29, 1.82) is 0 Å². The monoisotopic (exact) mass is 316 g/mol. The summed E-state index contributed by atoms with van der Waals surface area (Å²) in [4.78, 5) is 11.5. The van der Waals surface area contributed by atoms with Gasteiger partial charge in [-0.05, 0) is 24.1 Å². The van der Waals surface area contributed by atoms with Crippen molar-refractivity contribution in [2.75, 3.05) is 23.7 Å². The van der Waals surface area contributed by atoms with Crippen molar-refractivity contribution in [3.05, 3.63) is 30.1 Å². The van der Waals surface area contributed by atoms with Crippen molar-refractivity contribution >= 4 is 21.6 Å². The zero-order valence-electron chi connectivity index (χ0n) is 12.5. The van der Waals surface area contributed by atoms with E-state index in [0.29, 0.717) is 6.42 Å². The maximum Gasteiger partial charge on any atom is 0.232 e. The maximum atomic E-state index is 13.2. The number of halogens is 1. The minimum Gasteiger partial charge on any atom is -0.354 e. The molecular weight excluding hydrogens is 295 g/mol. The Bertz CT molecular complexity index is 588. The molecule has 0 atom stereocenters. The van der Waals surface area contributed by atoms with Gasteiger partial charge in [-0.1, -0.05) is 19.9 Å². The summed E-state index contributed by atoms with van der Waals surface area (Å²) in [5.74, 6) is -0.401. The Labute approximate surface area is 125 Å². The first-order valence-electron chi connectivity index (χ1n) is 6.70. The molecule has 7 heteroatoms. The number of hydrogen-bond donors (Lipinski definition) is 1. The quantitative estimate of drug-likeness (QED) is 0.833. The van der Waals surface area contributed by atoms with Crippen LogP contribution in [0.2, 0.25) is 0 Å². The Morgan fingerprint density at radius 2 is 2.05 bits per heavy atom. The third-order valence-corrected chi connectivity index (χ3v) is 3.92. The summed E-state index contributed by atoms with van der Waals surface area (Å²) in [6, 6.07) is 5.35. The van der Waals surface area contributed by atoms with Gasteiger partial charge in [-0.2, -0.15) is 0 Å². The van der Waals surface area contributed by atoms with Gasteiger partial charge in [-0.3, -0.25) is 9.10 Å². The summed E-state index contributed by atoms with van der Waals surface area (Å²) in [5, 5.41) is 2.66. The van der Waals surface area contributed by atoms with E-state index in [1.54, 1.807) is 0 Å². The molecule has 0 saturated carbocycles. The molecule has 1 amide bonds. The van der Waals surface area contributed by atoms with Crippen LogP contribution in [0.5, 0.6) is 0 Å². The first-order valence-corrected chi connectivity index (χ1v) is 8.55. The maximum absolute atomic E-state index is 13.2. The number of benzene rings is 1. The van der Waals surface area contributed by atoms with Crippen LogP contribution >= 0.6 is 0 Å². The Hall–Kier alpha value is -1.63. The standard InChI is InChI=1S/C14H21FN2O3S/c1-11(2)9-14(18)16-7-8-17(21(3,19)20)13-6-4-5-12(15)10-13/h4-6,10-11H,7-9H2,1-3H3,(H,16,18). The summed E-state index contributed by atoms with van der Waals surface area (Å²) >= 11 is 0. The number of amides is 1. The highest BCUT2D eigenvalue weighted by Crippen LogP contribution is 2.17. The van der Waals surface area contributed by atoms with Crippen molar-refractivity contribution < 1.29 is 17.6 Å². The fourth-order valence-electron chi connectivity index (χ4n) is 1.86. The molecular formula is C14H21FN2O3S. The van der Waals surface area contributed by atoms with E-state index in [0.717, 1.165) is 16.6 Å². The van der Waals surface area contributed by atoms with Gasteiger partial charge < -0.3 is 5.32 Å². The van der Waals surface area contributed by atoms with Crippen LogP contribution in [-0.4, -0.2) is 33.7 Å². The highest BCUT2D eigenvalue weighted by molar-refractivity contribution is 7.92. The van der Waals surface area contributed by atoms with Crippen LogP contribution in [0.1, 0.15) is 20.3 Å². The molecule has 1 aromatic carbocycles. The summed E-state index contributed by atoms with van der Waals surface area (Å²) in [5.41, 5.74) is 0.246. The largest absolute Gasteiger partial charge is 0.354 e. The molecule has 1 N–H and O–H groups in total. The van der Waals surface area contributed by atoms with Crippen LogP contribution in [0, 0.1) is 11.7 Å². The van der Waals surface area contributed by atoms with E-state index in [1.165, 1.54) is 18.2 Å². The zero-order chi connectivity index (χ0) is 16.0. The van der Waals surface area contributed by atoms with Gasteiger partial charge in [0.2, 0.25) is 15.9 Å². The average molecular weight is 316 g/mol. The minimum absolute atomic E-state index is 0.0616. The van der Waals surface area contributed by atoms with Crippen molar-refractivity contribution in [3.8, 4) is 0 Å². The molecule has 0 aliphatic carbocycles. The van der Waals surface area contributed by atoms with Crippen molar-refractivity contribution in [2.45, 2.75) is 20.3 Å². The van der Waals surface area contributed by atoms with Crippen LogP contribution in [0.15, 0.2) is 24.3 Å². The van der Waals surface area contributed by atoms with Crippen LogP contribution in [0.3, 0.4) is 0 Å². The SMILES string of the molecule is CC(C)CC(=O)NCCN(c1cccc(F)c1)S(C)(=O)=O. The molecule has 21 heavy (non-hydrogen) atoms. The molecule has 0 aliphatic heterocycles. The minimum atomic E-state index is -3.54. The molecule has 0 spiro atoms. The van der Waals surface area contributed by atoms with Gasteiger partial charge in [-0.25, -0.2) is 12.8 Å². The molecule has 0 heterocycles. The van der Waals surface area contributed by atoms with E-state index in [9.17, 15) is 17.6 Å². The molecule has 0 bridgehead atoms. The summed E-state index contributed by atoms with van der Waals surface area (Å²) in [6.07, 6.45) is 1.44. The Kier molecular flexibility index (Phi) is 6.14. The fourth-order valence-corrected chi connectivity index (χ4v) is 2.78. The first kappa shape index (κ1) is 17.4. The first-order chi connectivity index (χ1) is 9.70. The highest BCUT2D eigenvalue weighted by atomic mass is 32.2. The molecule has 0 radical (unpaired) electrons. The predicted octanol–water partition coefficient (Wildman–Crippen LogP) is 1.75. The van der Waals surface area contributed by atoms with Crippen molar-refractivity contribution in [2.24, 2.45) is 5.92 Å². The van der Waals surface area contributed by atoms with Gasteiger partial charge in [0.25, 0.3) is 0 Å². The summed E-state index contributed by atoms with van der Waals surface area (Å²) < 4.78 is 37.9. The second-order valence-electron chi connectivity index (χ2n) is 5.26. The molecule has 1 aromatic rings.